The van der Waals surface area contributed by atoms with Crippen molar-refractivity contribution in [2.75, 3.05) is 6.54 Å². The fourth-order valence-corrected chi connectivity index (χ4v) is 5.10. The minimum Gasteiger partial charge on any atom is -0.338 e. The summed E-state index contributed by atoms with van der Waals surface area (Å²) in [6.45, 7) is 1.72. The fraction of sp³-hybridized carbons (Fsp3) is 0.278. The molecule has 1 aliphatic rings. The standard InChI is InChI=1S/C18H16N4OS2/c1-2-6-15-13(4-1)19-18(25-15)14-5-3-8-22(14)10-16-20-17(21-23-16)12-7-9-24-11-12/h1-2,4,6-7,9,11,14H,3,5,8,10H2/t14-/m1/s1. The fourth-order valence-electron chi connectivity index (χ4n) is 3.33. The first-order chi connectivity index (χ1) is 12.4. The van der Waals surface area contributed by atoms with E-state index in [9.17, 15) is 0 Å². The Balaban J connectivity index is 1.38. The van der Waals surface area contributed by atoms with Gasteiger partial charge in [-0.3, -0.25) is 4.90 Å². The van der Waals surface area contributed by atoms with Gasteiger partial charge in [0.25, 0.3) is 0 Å². The van der Waals surface area contributed by atoms with Gasteiger partial charge in [-0.2, -0.15) is 16.3 Å². The highest BCUT2D eigenvalue weighted by Crippen LogP contribution is 2.37. The molecule has 1 fully saturated rings. The van der Waals surface area contributed by atoms with E-state index < -0.39 is 0 Å². The number of nitrogens with zero attached hydrogens (tertiary/aromatic N) is 4. The first-order valence-corrected chi connectivity index (χ1v) is 10.1. The smallest absolute Gasteiger partial charge is 0.241 e. The van der Waals surface area contributed by atoms with Crippen molar-refractivity contribution in [1.82, 2.24) is 20.0 Å². The summed E-state index contributed by atoms with van der Waals surface area (Å²) in [6, 6.07) is 10.7. The molecule has 5 nitrogen and oxygen atoms in total. The van der Waals surface area contributed by atoms with E-state index >= 15 is 0 Å². The monoisotopic (exact) mass is 368 g/mol. The average Bonchev–Trinajstić information content (AvgIpc) is 3.41. The SMILES string of the molecule is c1ccc2sc([C@H]3CCCN3Cc3nc(-c4ccsc4)no3)nc2c1. The second kappa shape index (κ2) is 6.33. The lowest BCUT2D eigenvalue weighted by Gasteiger charge is -2.20. The van der Waals surface area contributed by atoms with Crippen LogP contribution in [-0.4, -0.2) is 26.6 Å². The lowest BCUT2D eigenvalue weighted by molar-refractivity contribution is 0.212. The largest absolute Gasteiger partial charge is 0.338 e. The molecule has 0 bridgehead atoms. The maximum Gasteiger partial charge on any atom is 0.241 e. The van der Waals surface area contributed by atoms with Crippen LogP contribution in [0.1, 0.15) is 29.8 Å². The van der Waals surface area contributed by atoms with Crippen LogP contribution in [0.5, 0.6) is 0 Å². The third-order valence-corrected chi connectivity index (χ3v) is 6.37. The van der Waals surface area contributed by atoms with Crippen molar-refractivity contribution in [2.24, 2.45) is 0 Å². The van der Waals surface area contributed by atoms with Gasteiger partial charge in [-0.05, 0) is 43.0 Å². The number of rotatable bonds is 4. The Morgan fingerprint density at radius 3 is 3.04 bits per heavy atom. The Hall–Kier alpha value is -2.09. The topological polar surface area (TPSA) is 55.1 Å². The van der Waals surface area contributed by atoms with E-state index in [4.69, 9.17) is 9.51 Å². The van der Waals surface area contributed by atoms with Gasteiger partial charge in [0.05, 0.1) is 22.8 Å². The Morgan fingerprint density at radius 1 is 1.20 bits per heavy atom. The van der Waals surface area contributed by atoms with E-state index in [0.29, 0.717) is 24.3 Å². The number of thiophene rings is 1. The molecule has 0 unspecified atom stereocenters. The van der Waals surface area contributed by atoms with Crippen LogP contribution in [0.25, 0.3) is 21.6 Å². The van der Waals surface area contributed by atoms with Gasteiger partial charge < -0.3 is 4.52 Å². The minimum atomic E-state index is 0.342. The first kappa shape index (κ1) is 15.2. The van der Waals surface area contributed by atoms with Crippen LogP contribution in [0.15, 0.2) is 45.6 Å². The van der Waals surface area contributed by atoms with Crippen molar-refractivity contribution in [3.05, 3.63) is 52.0 Å². The zero-order valence-electron chi connectivity index (χ0n) is 13.5. The molecule has 1 atom stereocenters. The third-order valence-electron chi connectivity index (χ3n) is 4.54. The maximum atomic E-state index is 5.48. The highest BCUT2D eigenvalue weighted by Gasteiger charge is 2.30. The Bertz CT molecular complexity index is 959. The van der Waals surface area contributed by atoms with Crippen molar-refractivity contribution < 1.29 is 4.52 Å². The van der Waals surface area contributed by atoms with E-state index in [1.807, 2.05) is 22.9 Å². The molecule has 4 heterocycles. The predicted molar refractivity (Wildman–Crippen MR) is 99.6 cm³/mol. The molecule has 0 aliphatic carbocycles. The number of thiazole rings is 1. The number of aromatic nitrogens is 3. The van der Waals surface area contributed by atoms with Crippen molar-refractivity contribution in [1.29, 1.82) is 0 Å². The van der Waals surface area contributed by atoms with Crippen LogP contribution in [0.3, 0.4) is 0 Å². The van der Waals surface area contributed by atoms with Gasteiger partial charge in [-0.1, -0.05) is 17.3 Å². The summed E-state index contributed by atoms with van der Waals surface area (Å²) in [5.41, 5.74) is 2.11. The molecule has 0 saturated carbocycles. The molecular formula is C18H16N4OS2. The number of fused-ring (bicyclic) bond motifs is 1. The van der Waals surface area contributed by atoms with Gasteiger partial charge in [0.15, 0.2) is 0 Å². The summed E-state index contributed by atoms with van der Waals surface area (Å²) in [7, 11) is 0. The van der Waals surface area contributed by atoms with Crippen LogP contribution < -0.4 is 0 Å². The van der Waals surface area contributed by atoms with Gasteiger partial charge in [-0.15, -0.1) is 11.3 Å². The Kier molecular flexibility index (Phi) is 3.84. The van der Waals surface area contributed by atoms with Gasteiger partial charge in [-0.25, -0.2) is 4.98 Å². The molecule has 5 rings (SSSR count). The summed E-state index contributed by atoms with van der Waals surface area (Å²) in [6.07, 6.45) is 2.30. The van der Waals surface area contributed by atoms with E-state index in [2.05, 4.69) is 33.2 Å². The van der Waals surface area contributed by atoms with Crippen LogP contribution in [-0.2, 0) is 6.54 Å². The van der Waals surface area contributed by atoms with Gasteiger partial charge >= 0.3 is 0 Å². The molecule has 1 aromatic carbocycles. The van der Waals surface area contributed by atoms with Crippen molar-refractivity contribution in [3.63, 3.8) is 0 Å². The molecule has 1 aliphatic heterocycles. The Morgan fingerprint density at radius 2 is 2.16 bits per heavy atom. The van der Waals surface area contributed by atoms with Crippen molar-refractivity contribution in [2.45, 2.75) is 25.4 Å². The van der Waals surface area contributed by atoms with Crippen molar-refractivity contribution in [3.8, 4) is 11.4 Å². The van der Waals surface area contributed by atoms with Crippen LogP contribution in [0.4, 0.5) is 0 Å². The first-order valence-electron chi connectivity index (χ1n) is 8.31. The lowest BCUT2D eigenvalue weighted by Crippen LogP contribution is -2.22. The molecule has 7 heteroatoms. The lowest BCUT2D eigenvalue weighted by atomic mass is 10.2. The summed E-state index contributed by atoms with van der Waals surface area (Å²) in [5.74, 6) is 1.35. The quantitative estimate of drug-likeness (QED) is 0.520. The van der Waals surface area contributed by atoms with Gasteiger partial charge in [0.1, 0.15) is 5.01 Å². The number of hydrogen-bond acceptors (Lipinski definition) is 7. The molecule has 126 valence electrons. The summed E-state index contributed by atoms with van der Waals surface area (Å²) in [4.78, 5) is 11.8. The molecule has 0 amide bonds. The van der Waals surface area contributed by atoms with E-state index in [0.717, 1.165) is 24.0 Å². The average molecular weight is 368 g/mol. The number of para-hydroxylation sites is 1. The summed E-state index contributed by atoms with van der Waals surface area (Å²) >= 11 is 3.43. The molecule has 0 spiro atoms. The van der Waals surface area contributed by atoms with Gasteiger partial charge in [0.2, 0.25) is 11.7 Å². The molecule has 1 saturated heterocycles. The van der Waals surface area contributed by atoms with Crippen LogP contribution in [0.2, 0.25) is 0 Å². The molecule has 0 radical (unpaired) electrons. The number of likely N-dealkylation sites (tertiary alicyclic amines) is 1. The second-order valence-corrected chi connectivity index (χ2v) is 8.01. The van der Waals surface area contributed by atoms with E-state index in [1.54, 1.807) is 22.7 Å². The van der Waals surface area contributed by atoms with E-state index in [1.165, 1.54) is 16.1 Å². The molecule has 25 heavy (non-hydrogen) atoms. The molecule has 0 N–H and O–H groups in total. The molecule has 3 aromatic heterocycles. The molecular weight excluding hydrogens is 352 g/mol. The van der Waals surface area contributed by atoms with Crippen molar-refractivity contribution >= 4 is 32.9 Å². The van der Waals surface area contributed by atoms with Gasteiger partial charge in [0, 0.05) is 10.9 Å². The number of hydrogen-bond donors (Lipinski definition) is 0. The number of benzene rings is 1. The summed E-state index contributed by atoms with van der Waals surface area (Å²) < 4.78 is 6.73. The maximum absolute atomic E-state index is 5.48. The van der Waals surface area contributed by atoms with Crippen LogP contribution in [0, 0.1) is 0 Å². The summed E-state index contributed by atoms with van der Waals surface area (Å²) in [5, 5.41) is 9.36. The normalized spacial score (nSPS) is 18.3. The molecule has 4 aromatic rings. The highest BCUT2D eigenvalue weighted by atomic mass is 32.1. The van der Waals surface area contributed by atoms with Crippen LogP contribution >= 0.6 is 22.7 Å². The van der Waals surface area contributed by atoms with E-state index in [-0.39, 0.29) is 0 Å². The minimum absolute atomic E-state index is 0.342. The Labute approximate surface area is 152 Å². The predicted octanol–water partition coefficient (Wildman–Crippen LogP) is 4.74. The zero-order chi connectivity index (χ0) is 16.6. The highest BCUT2D eigenvalue weighted by molar-refractivity contribution is 7.18. The zero-order valence-corrected chi connectivity index (χ0v) is 15.1. The second-order valence-electron chi connectivity index (χ2n) is 6.17. The third kappa shape index (κ3) is 2.88.